The lowest BCUT2D eigenvalue weighted by molar-refractivity contribution is 0.141. The van der Waals surface area contributed by atoms with Crippen LogP contribution >= 0.6 is 0 Å². The number of carbonyl (C=O) groups excluding carboxylic acids is 1. The molecule has 0 spiro atoms. The standard InChI is InChI=1S/C16H26N4O2/c1-2-22-15-5-3-14(4-6-15)13-18-16(21)20-11-9-19(8-7-17)10-12-20/h3-6H,2,7-13,17H2,1H3,(H,18,21). The number of urea groups is 1. The Bertz CT molecular complexity index is 456. The summed E-state index contributed by atoms with van der Waals surface area (Å²) in [7, 11) is 0. The lowest BCUT2D eigenvalue weighted by Gasteiger charge is -2.34. The summed E-state index contributed by atoms with van der Waals surface area (Å²) in [6.07, 6.45) is 0. The summed E-state index contributed by atoms with van der Waals surface area (Å²) >= 11 is 0. The zero-order valence-electron chi connectivity index (χ0n) is 13.3. The molecule has 2 amide bonds. The predicted molar refractivity (Wildman–Crippen MR) is 86.9 cm³/mol. The summed E-state index contributed by atoms with van der Waals surface area (Å²) in [5, 5.41) is 2.97. The van der Waals surface area contributed by atoms with E-state index in [1.165, 1.54) is 0 Å². The molecule has 2 rings (SSSR count). The quantitative estimate of drug-likeness (QED) is 0.818. The van der Waals surface area contributed by atoms with Crippen LogP contribution in [0.15, 0.2) is 24.3 Å². The van der Waals surface area contributed by atoms with Gasteiger partial charge in [0.1, 0.15) is 5.75 Å². The zero-order valence-corrected chi connectivity index (χ0v) is 13.3. The van der Waals surface area contributed by atoms with Gasteiger partial charge in [-0.05, 0) is 24.6 Å². The number of ether oxygens (including phenoxy) is 1. The molecule has 1 aromatic carbocycles. The Morgan fingerprint density at radius 2 is 1.91 bits per heavy atom. The fourth-order valence-electron chi connectivity index (χ4n) is 2.52. The first-order chi connectivity index (χ1) is 10.7. The van der Waals surface area contributed by atoms with Gasteiger partial charge in [-0.15, -0.1) is 0 Å². The lowest BCUT2D eigenvalue weighted by Crippen LogP contribution is -2.52. The minimum Gasteiger partial charge on any atom is -0.494 e. The second-order valence-electron chi connectivity index (χ2n) is 5.35. The van der Waals surface area contributed by atoms with E-state index in [0.29, 0.717) is 19.7 Å². The number of benzene rings is 1. The zero-order chi connectivity index (χ0) is 15.8. The molecule has 0 atom stereocenters. The number of nitrogens with two attached hydrogens (primary N) is 1. The normalized spacial score (nSPS) is 15.6. The molecule has 0 aromatic heterocycles. The molecule has 1 saturated heterocycles. The van der Waals surface area contributed by atoms with Crippen molar-refractivity contribution in [3.05, 3.63) is 29.8 Å². The van der Waals surface area contributed by atoms with Crippen molar-refractivity contribution in [3.63, 3.8) is 0 Å². The van der Waals surface area contributed by atoms with Gasteiger partial charge in [-0.1, -0.05) is 12.1 Å². The number of nitrogens with one attached hydrogen (secondary N) is 1. The summed E-state index contributed by atoms with van der Waals surface area (Å²) in [6.45, 7) is 8.04. The van der Waals surface area contributed by atoms with Crippen LogP contribution < -0.4 is 15.8 Å². The van der Waals surface area contributed by atoms with E-state index in [4.69, 9.17) is 10.5 Å². The Labute approximate surface area is 132 Å². The van der Waals surface area contributed by atoms with Crippen molar-refractivity contribution in [2.75, 3.05) is 45.9 Å². The van der Waals surface area contributed by atoms with Crippen LogP contribution in [0.5, 0.6) is 5.75 Å². The largest absolute Gasteiger partial charge is 0.494 e. The first kappa shape index (κ1) is 16.6. The van der Waals surface area contributed by atoms with Gasteiger partial charge in [0.05, 0.1) is 6.61 Å². The van der Waals surface area contributed by atoms with Gasteiger partial charge in [0, 0.05) is 45.8 Å². The maximum Gasteiger partial charge on any atom is 0.317 e. The van der Waals surface area contributed by atoms with Crippen LogP contribution in [0, 0.1) is 0 Å². The van der Waals surface area contributed by atoms with Gasteiger partial charge in [0.25, 0.3) is 0 Å². The highest BCUT2D eigenvalue weighted by Gasteiger charge is 2.20. The number of rotatable bonds is 6. The molecule has 1 aliphatic heterocycles. The average Bonchev–Trinajstić information content (AvgIpc) is 2.55. The SMILES string of the molecule is CCOc1ccc(CNC(=O)N2CCN(CCN)CC2)cc1. The Morgan fingerprint density at radius 1 is 1.23 bits per heavy atom. The van der Waals surface area contributed by atoms with E-state index in [2.05, 4.69) is 10.2 Å². The highest BCUT2D eigenvalue weighted by atomic mass is 16.5. The van der Waals surface area contributed by atoms with Gasteiger partial charge in [0.15, 0.2) is 0 Å². The van der Waals surface area contributed by atoms with Crippen LogP contribution in [0.2, 0.25) is 0 Å². The molecule has 1 fully saturated rings. The molecule has 0 bridgehead atoms. The number of hydrogen-bond acceptors (Lipinski definition) is 4. The van der Waals surface area contributed by atoms with Crippen LogP contribution in [0.1, 0.15) is 12.5 Å². The summed E-state index contributed by atoms with van der Waals surface area (Å²) in [6, 6.07) is 7.81. The third-order valence-electron chi connectivity index (χ3n) is 3.78. The van der Waals surface area contributed by atoms with Gasteiger partial charge in [-0.25, -0.2) is 4.79 Å². The summed E-state index contributed by atoms with van der Waals surface area (Å²) in [4.78, 5) is 16.3. The Balaban J connectivity index is 1.73. The summed E-state index contributed by atoms with van der Waals surface area (Å²) in [5.41, 5.74) is 6.62. The molecule has 1 heterocycles. The fourth-order valence-corrected chi connectivity index (χ4v) is 2.52. The van der Waals surface area contributed by atoms with Gasteiger partial charge < -0.3 is 20.7 Å². The van der Waals surface area contributed by atoms with Crippen LogP contribution in [0.3, 0.4) is 0 Å². The number of hydrogen-bond donors (Lipinski definition) is 2. The third kappa shape index (κ3) is 4.89. The number of piperazine rings is 1. The van der Waals surface area contributed by atoms with Gasteiger partial charge in [-0.3, -0.25) is 4.90 Å². The van der Waals surface area contributed by atoms with Crippen LogP contribution in [0.25, 0.3) is 0 Å². The minimum atomic E-state index is 0.00119. The molecule has 6 heteroatoms. The van der Waals surface area contributed by atoms with E-state index in [0.717, 1.165) is 44.0 Å². The highest BCUT2D eigenvalue weighted by molar-refractivity contribution is 5.74. The molecular formula is C16H26N4O2. The molecule has 6 nitrogen and oxygen atoms in total. The predicted octanol–water partition coefficient (Wildman–Crippen LogP) is 0.871. The van der Waals surface area contributed by atoms with E-state index in [-0.39, 0.29) is 6.03 Å². The van der Waals surface area contributed by atoms with Gasteiger partial charge in [0.2, 0.25) is 0 Å². The first-order valence-electron chi connectivity index (χ1n) is 7.90. The Kier molecular flexibility index (Phi) is 6.48. The van der Waals surface area contributed by atoms with Crippen molar-refractivity contribution in [2.24, 2.45) is 5.73 Å². The van der Waals surface area contributed by atoms with Crippen molar-refractivity contribution in [2.45, 2.75) is 13.5 Å². The Hall–Kier alpha value is -1.79. The molecule has 0 saturated carbocycles. The monoisotopic (exact) mass is 306 g/mol. The molecular weight excluding hydrogens is 280 g/mol. The van der Waals surface area contributed by atoms with E-state index in [1.807, 2.05) is 36.1 Å². The summed E-state index contributed by atoms with van der Waals surface area (Å²) < 4.78 is 5.40. The first-order valence-corrected chi connectivity index (χ1v) is 7.90. The maximum atomic E-state index is 12.2. The topological polar surface area (TPSA) is 70.8 Å². The maximum absolute atomic E-state index is 12.2. The van der Waals surface area contributed by atoms with Crippen LogP contribution in [-0.4, -0.2) is 61.7 Å². The molecule has 1 aliphatic rings. The molecule has 0 radical (unpaired) electrons. The molecule has 122 valence electrons. The summed E-state index contributed by atoms with van der Waals surface area (Å²) in [5.74, 6) is 0.855. The average molecular weight is 306 g/mol. The number of carbonyl (C=O) groups is 1. The lowest BCUT2D eigenvalue weighted by atomic mass is 10.2. The van der Waals surface area contributed by atoms with E-state index in [1.54, 1.807) is 0 Å². The van der Waals surface area contributed by atoms with Crippen LogP contribution in [0.4, 0.5) is 4.79 Å². The fraction of sp³-hybridized carbons (Fsp3) is 0.562. The molecule has 22 heavy (non-hydrogen) atoms. The molecule has 0 unspecified atom stereocenters. The highest BCUT2D eigenvalue weighted by Crippen LogP contribution is 2.12. The third-order valence-corrected chi connectivity index (χ3v) is 3.78. The smallest absolute Gasteiger partial charge is 0.317 e. The van der Waals surface area contributed by atoms with E-state index < -0.39 is 0 Å². The van der Waals surface area contributed by atoms with Crippen LogP contribution in [-0.2, 0) is 6.54 Å². The van der Waals surface area contributed by atoms with Crippen molar-refractivity contribution in [3.8, 4) is 5.75 Å². The second kappa shape index (κ2) is 8.60. The number of amides is 2. The van der Waals surface area contributed by atoms with Crippen molar-refractivity contribution < 1.29 is 9.53 Å². The van der Waals surface area contributed by atoms with Gasteiger partial charge >= 0.3 is 6.03 Å². The van der Waals surface area contributed by atoms with Crippen molar-refractivity contribution >= 4 is 6.03 Å². The molecule has 1 aromatic rings. The minimum absolute atomic E-state index is 0.00119. The molecule has 3 N–H and O–H groups in total. The van der Waals surface area contributed by atoms with E-state index in [9.17, 15) is 4.79 Å². The van der Waals surface area contributed by atoms with Crippen molar-refractivity contribution in [1.82, 2.24) is 15.1 Å². The molecule has 0 aliphatic carbocycles. The van der Waals surface area contributed by atoms with E-state index >= 15 is 0 Å². The van der Waals surface area contributed by atoms with Crippen molar-refractivity contribution in [1.29, 1.82) is 0 Å². The Morgan fingerprint density at radius 3 is 2.50 bits per heavy atom. The second-order valence-corrected chi connectivity index (χ2v) is 5.35. The van der Waals surface area contributed by atoms with Gasteiger partial charge in [-0.2, -0.15) is 0 Å². The number of nitrogens with zero attached hydrogens (tertiary/aromatic N) is 2.